The third-order valence-corrected chi connectivity index (χ3v) is 3.56. The smallest absolute Gasteiger partial charge is 0.343 e. The summed E-state index contributed by atoms with van der Waals surface area (Å²) in [5.74, 6) is 0.560. The van der Waals surface area contributed by atoms with Gasteiger partial charge in [0.15, 0.2) is 18.1 Å². The van der Waals surface area contributed by atoms with Crippen LogP contribution in [0.3, 0.4) is 0 Å². The number of methoxy groups -OCH3 is 2. The molecule has 0 unspecified atom stereocenters. The number of benzene rings is 2. The lowest BCUT2D eigenvalue weighted by Gasteiger charge is -2.12. The molecule has 0 radical (unpaired) electrons. The first kappa shape index (κ1) is 20.1. The van der Waals surface area contributed by atoms with E-state index in [0.717, 1.165) is 6.42 Å². The van der Waals surface area contributed by atoms with Crippen LogP contribution in [0.1, 0.15) is 23.7 Å². The van der Waals surface area contributed by atoms with Crippen molar-refractivity contribution in [2.75, 3.05) is 32.8 Å². The zero-order valence-corrected chi connectivity index (χ0v) is 15.6. The molecule has 0 aliphatic carbocycles. The zero-order valence-electron chi connectivity index (χ0n) is 15.6. The molecule has 1 amide bonds. The minimum atomic E-state index is -0.510. The van der Waals surface area contributed by atoms with Crippen molar-refractivity contribution >= 4 is 17.6 Å². The van der Waals surface area contributed by atoms with Crippen molar-refractivity contribution in [1.82, 2.24) is 0 Å². The van der Waals surface area contributed by atoms with Crippen molar-refractivity contribution < 1.29 is 28.5 Å². The van der Waals surface area contributed by atoms with Crippen molar-refractivity contribution in [2.45, 2.75) is 13.3 Å². The van der Waals surface area contributed by atoms with Crippen LogP contribution in [-0.2, 0) is 9.53 Å². The molecule has 7 heteroatoms. The second-order valence-corrected chi connectivity index (χ2v) is 5.56. The highest BCUT2D eigenvalue weighted by molar-refractivity contribution is 6.04. The molecule has 2 aromatic carbocycles. The topological polar surface area (TPSA) is 83.1 Å². The molecule has 0 aliphatic rings. The molecule has 0 spiro atoms. The van der Waals surface area contributed by atoms with Crippen LogP contribution in [0.25, 0.3) is 0 Å². The Balaban J connectivity index is 2.08. The van der Waals surface area contributed by atoms with Crippen molar-refractivity contribution in [3.63, 3.8) is 0 Å². The molecule has 0 saturated heterocycles. The number of hydrogen-bond acceptors (Lipinski definition) is 6. The average Bonchev–Trinajstić information content (AvgIpc) is 2.70. The monoisotopic (exact) mass is 373 g/mol. The highest BCUT2D eigenvalue weighted by Crippen LogP contribution is 2.28. The van der Waals surface area contributed by atoms with E-state index in [9.17, 15) is 9.59 Å². The number of carbonyl (C=O) groups excluding carboxylic acids is 2. The molecule has 1 N–H and O–H groups in total. The number of amides is 1. The van der Waals surface area contributed by atoms with Crippen molar-refractivity contribution in [2.24, 2.45) is 0 Å². The Morgan fingerprint density at radius 2 is 1.81 bits per heavy atom. The van der Waals surface area contributed by atoms with Crippen LogP contribution in [-0.4, -0.2) is 39.3 Å². The van der Waals surface area contributed by atoms with Crippen LogP contribution in [0.15, 0.2) is 42.5 Å². The minimum Gasteiger partial charge on any atom is -0.494 e. The Hall–Kier alpha value is -3.22. The lowest BCUT2D eigenvalue weighted by atomic mass is 10.1. The molecule has 144 valence electrons. The van der Waals surface area contributed by atoms with Gasteiger partial charge in [0, 0.05) is 17.3 Å². The lowest BCUT2D eigenvalue weighted by Crippen LogP contribution is -2.14. The fourth-order valence-corrected chi connectivity index (χ4v) is 2.21. The average molecular weight is 373 g/mol. The quantitative estimate of drug-likeness (QED) is 0.679. The van der Waals surface area contributed by atoms with Crippen molar-refractivity contribution in [1.29, 1.82) is 0 Å². The van der Waals surface area contributed by atoms with E-state index in [0.29, 0.717) is 35.1 Å². The summed E-state index contributed by atoms with van der Waals surface area (Å²) in [5, 5.41) is 2.82. The second-order valence-electron chi connectivity index (χ2n) is 5.56. The third kappa shape index (κ3) is 5.91. The normalized spacial score (nSPS) is 10.0. The number of ether oxygens (including phenoxy) is 4. The molecule has 2 rings (SSSR count). The maximum absolute atomic E-state index is 12.5. The number of anilines is 1. The van der Waals surface area contributed by atoms with Gasteiger partial charge in [0.2, 0.25) is 0 Å². The molecule has 0 aromatic heterocycles. The number of nitrogens with one attached hydrogen (secondary N) is 1. The Morgan fingerprint density at radius 3 is 2.52 bits per heavy atom. The van der Waals surface area contributed by atoms with E-state index in [2.05, 4.69) is 10.1 Å². The van der Waals surface area contributed by atoms with E-state index in [1.807, 2.05) is 19.1 Å². The van der Waals surface area contributed by atoms with Crippen LogP contribution in [0, 0.1) is 0 Å². The third-order valence-electron chi connectivity index (χ3n) is 3.56. The highest BCUT2D eigenvalue weighted by atomic mass is 16.6. The molecule has 0 fully saturated rings. The van der Waals surface area contributed by atoms with E-state index in [-0.39, 0.29) is 12.5 Å². The fraction of sp³-hybridized carbons (Fsp3) is 0.300. The van der Waals surface area contributed by atoms with Crippen molar-refractivity contribution in [3.05, 3.63) is 48.0 Å². The molecular formula is C20H23NO6. The molecule has 27 heavy (non-hydrogen) atoms. The molecule has 0 aliphatic heterocycles. The maximum Gasteiger partial charge on any atom is 0.343 e. The Bertz CT molecular complexity index is 790. The number of rotatable bonds is 9. The van der Waals surface area contributed by atoms with Gasteiger partial charge in [0.25, 0.3) is 5.91 Å². The molecule has 0 bridgehead atoms. The van der Waals surface area contributed by atoms with Gasteiger partial charge in [-0.25, -0.2) is 4.79 Å². The van der Waals surface area contributed by atoms with Gasteiger partial charge in [-0.1, -0.05) is 13.0 Å². The zero-order chi connectivity index (χ0) is 19.6. The first-order chi connectivity index (χ1) is 13.1. The highest BCUT2D eigenvalue weighted by Gasteiger charge is 2.13. The standard InChI is InChI=1S/C20H23NO6/c1-4-10-26-16-7-5-6-15(12-16)21-20(23)14-8-9-17(18(11-14)24-2)27-13-19(22)25-3/h5-9,11-12H,4,10,13H2,1-3H3,(H,21,23). The lowest BCUT2D eigenvalue weighted by molar-refractivity contribution is -0.142. The Kier molecular flexibility index (Phi) is 7.49. The van der Waals surface area contributed by atoms with Crippen LogP contribution in [0.4, 0.5) is 5.69 Å². The van der Waals surface area contributed by atoms with Crippen LogP contribution in [0.5, 0.6) is 17.2 Å². The van der Waals surface area contributed by atoms with Gasteiger partial charge in [-0.3, -0.25) is 4.79 Å². The minimum absolute atomic E-state index is 0.247. The predicted octanol–water partition coefficient (Wildman–Crippen LogP) is 3.29. The van der Waals surface area contributed by atoms with E-state index in [1.54, 1.807) is 30.3 Å². The maximum atomic E-state index is 12.5. The van der Waals surface area contributed by atoms with Gasteiger partial charge in [-0.2, -0.15) is 0 Å². The number of hydrogen-bond donors (Lipinski definition) is 1. The summed E-state index contributed by atoms with van der Waals surface area (Å²) in [7, 11) is 2.73. The Labute approximate surface area is 158 Å². The molecule has 0 saturated carbocycles. The summed E-state index contributed by atoms with van der Waals surface area (Å²) < 4.78 is 20.7. The first-order valence-corrected chi connectivity index (χ1v) is 8.49. The van der Waals surface area contributed by atoms with Gasteiger partial charge in [-0.05, 0) is 36.8 Å². The van der Waals surface area contributed by atoms with Gasteiger partial charge in [0.05, 0.1) is 20.8 Å². The molecular weight excluding hydrogens is 350 g/mol. The molecule has 2 aromatic rings. The first-order valence-electron chi connectivity index (χ1n) is 8.49. The summed E-state index contributed by atoms with van der Waals surface area (Å²) in [6.07, 6.45) is 0.904. The van der Waals surface area contributed by atoms with Crippen molar-refractivity contribution in [3.8, 4) is 17.2 Å². The Morgan fingerprint density at radius 1 is 1.00 bits per heavy atom. The summed E-state index contributed by atoms with van der Waals surface area (Å²) in [6, 6.07) is 11.9. The number of carbonyl (C=O) groups is 2. The largest absolute Gasteiger partial charge is 0.494 e. The summed E-state index contributed by atoms with van der Waals surface area (Å²) >= 11 is 0. The van der Waals surface area contributed by atoms with Crippen LogP contribution in [0.2, 0.25) is 0 Å². The van der Waals surface area contributed by atoms with E-state index in [4.69, 9.17) is 14.2 Å². The fourth-order valence-electron chi connectivity index (χ4n) is 2.21. The molecule has 7 nitrogen and oxygen atoms in total. The SMILES string of the molecule is CCCOc1cccc(NC(=O)c2ccc(OCC(=O)OC)c(OC)c2)c1. The summed E-state index contributed by atoms with van der Waals surface area (Å²) in [4.78, 5) is 23.7. The van der Waals surface area contributed by atoms with E-state index < -0.39 is 5.97 Å². The number of esters is 1. The van der Waals surface area contributed by atoms with Gasteiger partial charge >= 0.3 is 5.97 Å². The van der Waals surface area contributed by atoms with Gasteiger partial charge in [-0.15, -0.1) is 0 Å². The molecule has 0 atom stereocenters. The van der Waals surface area contributed by atoms with Crippen LogP contribution >= 0.6 is 0 Å². The van der Waals surface area contributed by atoms with Gasteiger partial charge in [0.1, 0.15) is 5.75 Å². The van der Waals surface area contributed by atoms with E-state index in [1.165, 1.54) is 14.2 Å². The second kappa shape index (κ2) is 10.1. The summed E-state index contributed by atoms with van der Waals surface area (Å²) in [5.41, 5.74) is 1.01. The molecule has 0 heterocycles. The predicted molar refractivity (Wildman–Crippen MR) is 101 cm³/mol. The van der Waals surface area contributed by atoms with E-state index >= 15 is 0 Å². The summed E-state index contributed by atoms with van der Waals surface area (Å²) in [6.45, 7) is 2.39. The van der Waals surface area contributed by atoms with Crippen LogP contribution < -0.4 is 19.5 Å². The van der Waals surface area contributed by atoms with Gasteiger partial charge < -0.3 is 24.3 Å².